The summed E-state index contributed by atoms with van der Waals surface area (Å²) in [6, 6.07) is 0.547. The second-order valence-corrected chi connectivity index (χ2v) is 4.18. The predicted molar refractivity (Wildman–Crippen MR) is 62.8 cm³/mol. The van der Waals surface area contributed by atoms with E-state index >= 15 is 0 Å². The lowest BCUT2D eigenvalue weighted by atomic mass is 10.2. The van der Waals surface area contributed by atoms with Gasteiger partial charge in [-0.3, -0.25) is 4.99 Å². The number of hydrogen-bond acceptors (Lipinski definition) is 2. The Morgan fingerprint density at radius 1 is 1.27 bits per heavy atom. The van der Waals surface area contributed by atoms with Gasteiger partial charge in [0.1, 0.15) is 0 Å². The molecule has 0 radical (unpaired) electrons. The van der Waals surface area contributed by atoms with Crippen molar-refractivity contribution in [1.82, 2.24) is 5.32 Å². The van der Waals surface area contributed by atoms with Crippen LogP contribution in [0.4, 0.5) is 0 Å². The van der Waals surface area contributed by atoms with Gasteiger partial charge >= 0.3 is 0 Å². The van der Waals surface area contributed by atoms with Crippen LogP contribution in [-0.4, -0.2) is 30.3 Å². The molecular weight excluding hydrogens is 190 g/mol. The van der Waals surface area contributed by atoms with E-state index in [-0.39, 0.29) is 6.61 Å². The number of hydrogen-bond donors (Lipinski definition) is 3. The quantitative estimate of drug-likeness (QED) is 0.350. The normalized spacial score (nSPS) is 18.3. The molecule has 88 valence electrons. The standard InChI is InChI=1S/C11H23N3O/c12-11(13-8-4-1-5-9-15)14-10-6-2-3-7-10/h10,15H,1-9H2,(H3,12,13,14). The van der Waals surface area contributed by atoms with Crippen molar-refractivity contribution in [3.63, 3.8) is 0 Å². The van der Waals surface area contributed by atoms with Gasteiger partial charge in [-0.15, -0.1) is 0 Å². The van der Waals surface area contributed by atoms with E-state index in [0.717, 1.165) is 25.8 Å². The van der Waals surface area contributed by atoms with E-state index in [2.05, 4.69) is 10.3 Å². The van der Waals surface area contributed by atoms with Crippen LogP contribution >= 0.6 is 0 Å². The van der Waals surface area contributed by atoms with E-state index in [0.29, 0.717) is 12.0 Å². The van der Waals surface area contributed by atoms with Crippen molar-refractivity contribution in [3.8, 4) is 0 Å². The van der Waals surface area contributed by atoms with Gasteiger partial charge in [0.05, 0.1) is 0 Å². The zero-order valence-corrected chi connectivity index (χ0v) is 9.41. The van der Waals surface area contributed by atoms with E-state index in [1.807, 2.05) is 0 Å². The van der Waals surface area contributed by atoms with Gasteiger partial charge in [0.2, 0.25) is 0 Å². The number of guanidine groups is 1. The Balaban J connectivity index is 2.04. The molecule has 0 bridgehead atoms. The van der Waals surface area contributed by atoms with E-state index < -0.39 is 0 Å². The summed E-state index contributed by atoms with van der Waals surface area (Å²) in [7, 11) is 0. The van der Waals surface area contributed by atoms with Gasteiger partial charge in [0, 0.05) is 19.2 Å². The van der Waals surface area contributed by atoms with Gasteiger partial charge in [-0.05, 0) is 32.1 Å². The Morgan fingerprint density at radius 2 is 2.00 bits per heavy atom. The van der Waals surface area contributed by atoms with E-state index in [9.17, 15) is 0 Å². The Labute approximate surface area is 92.0 Å². The Hall–Kier alpha value is -0.770. The fraction of sp³-hybridized carbons (Fsp3) is 0.909. The molecule has 1 fully saturated rings. The maximum absolute atomic E-state index is 8.59. The number of nitrogens with zero attached hydrogens (tertiary/aromatic N) is 1. The third-order valence-corrected chi connectivity index (χ3v) is 2.81. The molecule has 0 atom stereocenters. The fourth-order valence-corrected chi connectivity index (χ4v) is 1.92. The van der Waals surface area contributed by atoms with E-state index in [1.165, 1.54) is 25.7 Å². The topological polar surface area (TPSA) is 70.6 Å². The van der Waals surface area contributed by atoms with Crippen molar-refractivity contribution in [1.29, 1.82) is 0 Å². The van der Waals surface area contributed by atoms with Crippen molar-refractivity contribution < 1.29 is 5.11 Å². The number of nitrogens with two attached hydrogens (primary N) is 1. The molecule has 1 rings (SSSR count). The van der Waals surface area contributed by atoms with Crippen LogP contribution in [0.15, 0.2) is 4.99 Å². The summed E-state index contributed by atoms with van der Waals surface area (Å²) in [4.78, 5) is 4.26. The molecule has 4 nitrogen and oxygen atoms in total. The lowest BCUT2D eigenvalue weighted by Crippen LogP contribution is -2.38. The lowest BCUT2D eigenvalue weighted by molar-refractivity contribution is 0.283. The van der Waals surface area contributed by atoms with Crippen molar-refractivity contribution >= 4 is 5.96 Å². The van der Waals surface area contributed by atoms with Crippen LogP contribution in [0.5, 0.6) is 0 Å². The highest BCUT2D eigenvalue weighted by atomic mass is 16.2. The molecule has 1 aliphatic carbocycles. The van der Waals surface area contributed by atoms with Crippen LogP contribution in [0.1, 0.15) is 44.9 Å². The van der Waals surface area contributed by atoms with Crippen molar-refractivity contribution in [2.24, 2.45) is 10.7 Å². The van der Waals surface area contributed by atoms with Crippen molar-refractivity contribution in [2.75, 3.05) is 13.2 Å². The molecule has 0 aromatic heterocycles. The number of aliphatic hydroxyl groups excluding tert-OH is 1. The zero-order valence-electron chi connectivity index (χ0n) is 9.41. The van der Waals surface area contributed by atoms with Crippen molar-refractivity contribution in [2.45, 2.75) is 51.0 Å². The average molecular weight is 213 g/mol. The molecule has 0 aromatic rings. The Bertz CT molecular complexity index is 188. The fourth-order valence-electron chi connectivity index (χ4n) is 1.92. The Morgan fingerprint density at radius 3 is 2.67 bits per heavy atom. The SMILES string of the molecule is NC(=NCCCCCO)NC1CCCC1. The summed E-state index contributed by atoms with van der Waals surface area (Å²) in [5, 5.41) is 11.8. The second-order valence-electron chi connectivity index (χ2n) is 4.18. The molecule has 15 heavy (non-hydrogen) atoms. The molecule has 1 saturated carbocycles. The summed E-state index contributed by atoms with van der Waals surface area (Å²) in [5.74, 6) is 0.589. The first-order valence-electron chi connectivity index (χ1n) is 6.00. The number of aliphatic imine (C=N–C) groups is 1. The van der Waals surface area contributed by atoms with Gasteiger partial charge in [0.25, 0.3) is 0 Å². The maximum Gasteiger partial charge on any atom is 0.188 e. The monoisotopic (exact) mass is 213 g/mol. The minimum Gasteiger partial charge on any atom is -0.396 e. The minimum absolute atomic E-state index is 0.277. The first-order chi connectivity index (χ1) is 7.33. The summed E-state index contributed by atoms with van der Waals surface area (Å²) < 4.78 is 0. The average Bonchev–Trinajstić information content (AvgIpc) is 2.70. The van der Waals surface area contributed by atoms with Crippen LogP contribution < -0.4 is 11.1 Å². The molecule has 0 aromatic carbocycles. The molecule has 0 aliphatic heterocycles. The molecular formula is C11H23N3O. The maximum atomic E-state index is 8.59. The van der Waals surface area contributed by atoms with Crippen molar-refractivity contribution in [3.05, 3.63) is 0 Å². The minimum atomic E-state index is 0.277. The number of aliphatic hydroxyl groups is 1. The van der Waals surface area contributed by atoms with Crippen LogP contribution in [0, 0.1) is 0 Å². The molecule has 4 heteroatoms. The van der Waals surface area contributed by atoms with Crippen LogP contribution in [-0.2, 0) is 0 Å². The summed E-state index contributed by atoms with van der Waals surface area (Å²) in [6.07, 6.45) is 7.96. The van der Waals surface area contributed by atoms with Gasteiger partial charge in [0.15, 0.2) is 5.96 Å². The van der Waals surface area contributed by atoms with Gasteiger partial charge < -0.3 is 16.2 Å². The molecule has 4 N–H and O–H groups in total. The Kier molecular flexibility index (Phi) is 6.16. The first kappa shape index (κ1) is 12.3. The smallest absolute Gasteiger partial charge is 0.188 e. The van der Waals surface area contributed by atoms with Crippen LogP contribution in [0.25, 0.3) is 0 Å². The molecule has 0 saturated heterocycles. The highest BCUT2D eigenvalue weighted by Gasteiger charge is 2.14. The molecule has 0 spiro atoms. The highest BCUT2D eigenvalue weighted by molar-refractivity contribution is 5.78. The van der Waals surface area contributed by atoms with Crippen LogP contribution in [0.2, 0.25) is 0 Å². The highest BCUT2D eigenvalue weighted by Crippen LogP contribution is 2.17. The summed E-state index contributed by atoms with van der Waals surface area (Å²) in [6.45, 7) is 1.05. The zero-order chi connectivity index (χ0) is 10.9. The van der Waals surface area contributed by atoms with Gasteiger partial charge in [-0.1, -0.05) is 12.8 Å². The summed E-state index contributed by atoms with van der Waals surface area (Å²) in [5.41, 5.74) is 5.76. The number of rotatable bonds is 6. The molecule has 1 aliphatic rings. The van der Waals surface area contributed by atoms with Crippen LogP contribution in [0.3, 0.4) is 0 Å². The van der Waals surface area contributed by atoms with E-state index in [4.69, 9.17) is 10.8 Å². The predicted octanol–water partition coefficient (Wildman–Crippen LogP) is 0.996. The first-order valence-corrected chi connectivity index (χ1v) is 6.00. The largest absolute Gasteiger partial charge is 0.396 e. The van der Waals surface area contributed by atoms with Gasteiger partial charge in [-0.25, -0.2) is 0 Å². The summed E-state index contributed by atoms with van der Waals surface area (Å²) >= 11 is 0. The second kappa shape index (κ2) is 7.51. The molecule has 0 amide bonds. The number of unbranched alkanes of at least 4 members (excludes halogenated alkanes) is 2. The molecule has 0 heterocycles. The molecule has 0 unspecified atom stereocenters. The lowest BCUT2D eigenvalue weighted by Gasteiger charge is -2.11. The third kappa shape index (κ3) is 5.62. The third-order valence-electron chi connectivity index (χ3n) is 2.81. The number of nitrogens with one attached hydrogen (secondary N) is 1. The van der Waals surface area contributed by atoms with E-state index in [1.54, 1.807) is 0 Å². The van der Waals surface area contributed by atoms with Gasteiger partial charge in [-0.2, -0.15) is 0 Å².